The molecular formula is C16H15F3N2O5S. The quantitative estimate of drug-likeness (QED) is 0.782. The first kappa shape index (κ1) is 19.2. The number of hydrogen-bond donors (Lipinski definition) is 0. The lowest BCUT2D eigenvalue weighted by Crippen LogP contribution is -2.50. The van der Waals surface area contributed by atoms with Gasteiger partial charge >= 0.3 is 6.36 Å². The molecule has 27 heavy (non-hydrogen) atoms. The topological polar surface area (TPSA) is 80.1 Å². The van der Waals surface area contributed by atoms with Gasteiger partial charge in [-0.1, -0.05) is 0 Å². The Morgan fingerprint density at radius 3 is 2.19 bits per heavy atom. The molecule has 0 spiro atoms. The van der Waals surface area contributed by atoms with Crippen LogP contribution in [0, 0.1) is 0 Å². The van der Waals surface area contributed by atoms with Crippen molar-refractivity contribution in [3.8, 4) is 5.75 Å². The summed E-state index contributed by atoms with van der Waals surface area (Å²) in [6, 6.07) is 7.10. The van der Waals surface area contributed by atoms with Crippen molar-refractivity contribution in [2.45, 2.75) is 11.3 Å². The molecule has 3 rings (SSSR count). The number of carbonyl (C=O) groups excluding carboxylic acids is 1. The fourth-order valence-electron chi connectivity index (χ4n) is 2.65. The molecule has 1 amide bonds. The zero-order valence-corrected chi connectivity index (χ0v) is 14.7. The SMILES string of the molecule is O=C(c1ccco1)N1CCN(S(=O)(=O)c2ccc(OC(F)(F)F)cc2)CC1. The predicted octanol–water partition coefficient (Wildman–Crippen LogP) is 2.32. The number of nitrogens with zero attached hydrogens (tertiary/aromatic N) is 2. The molecule has 11 heteroatoms. The molecule has 0 atom stereocenters. The Balaban J connectivity index is 1.65. The van der Waals surface area contributed by atoms with Gasteiger partial charge in [0.1, 0.15) is 5.75 Å². The molecule has 0 aliphatic carbocycles. The van der Waals surface area contributed by atoms with Crippen molar-refractivity contribution in [3.63, 3.8) is 0 Å². The van der Waals surface area contributed by atoms with E-state index in [0.29, 0.717) is 0 Å². The molecule has 1 fully saturated rings. The lowest BCUT2D eigenvalue weighted by atomic mass is 10.3. The minimum atomic E-state index is -4.85. The first-order valence-corrected chi connectivity index (χ1v) is 9.29. The van der Waals surface area contributed by atoms with Gasteiger partial charge in [0, 0.05) is 26.2 Å². The van der Waals surface area contributed by atoms with Gasteiger partial charge < -0.3 is 14.1 Å². The first-order chi connectivity index (χ1) is 12.7. The summed E-state index contributed by atoms with van der Waals surface area (Å²) in [7, 11) is -3.89. The van der Waals surface area contributed by atoms with Crippen molar-refractivity contribution < 1.29 is 35.5 Å². The third kappa shape index (κ3) is 4.42. The number of piperazine rings is 1. The second-order valence-corrected chi connectivity index (χ2v) is 7.63. The minimum Gasteiger partial charge on any atom is -0.459 e. The molecule has 2 heterocycles. The highest BCUT2D eigenvalue weighted by atomic mass is 32.2. The third-order valence-electron chi connectivity index (χ3n) is 3.95. The standard InChI is InChI=1S/C16H15F3N2O5S/c17-16(18,19)26-12-3-5-13(6-4-12)27(23,24)21-9-7-20(8-10-21)15(22)14-2-1-11-25-14/h1-6,11H,7-10H2. The molecule has 2 aromatic rings. The van der Waals surface area contributed by atoms with E-state index in [4.69, 9.17) is 4.42 Å². The van der Waals surface area contributed by atoms with Gasteiger partial charge in [-0.15, -0.1) is 13.2 Å². The summed E-state index contributed by atoms with van der Waals surface area (Å²) < 4.78 is 71.8. The Morgan fingerprint density at radius 2 is 1.67 bits per heavy atom. The molecule has 0 bridgehead atoms. The number of halogens is 3. The maximum atomic E-state index is 12.6. The van der Waals surface area contributed by atoms with Gasteiger partial charge in [0.05, 0.1) is 11.2 Å². The maximum Gasteiger partial charge on any atom is 0.573 e. The minimum absolute atomic E-state index is 0.0651. The predicted molar refractivity (Wildman–Crippen MR) is 86.5 cm³/mol. The van der Waals surface area contributed by atoms with Crippen LogP contribution in [0.3, 0.4) is 0 Å². The molecule has 0 radical (unpaired) electrons. The number of amides is 1. The van der Waals surface area contributed by atoms with Gasteiger partial charge in [-0.2, -0.15) is 4.31 Å². The van der Waals surface area contributed by atoms with E-state index >= 15 is 0 Å². The molecule has 1 aliphatic rings. The first-order valence-electron chi connectivity index (χ1n) is 7.85. The number of sulfonamides is 1. The van der Waals surface area contributed by atoms with E-state index in [-0.39, 0.29) is 42.7 Å². The van der Waals surface area contributed by atoms with Gasteiger partial charge in [0.2, 0.25) is 10.0 Å². The van der Waals surface area contributed by atoms with E-state index in [1.54, 1.807) is 6.07 Å². The number of hydrogen-bond acceptors (Lipinski definition) is 5. The van der Waals surface area contributed by atoms with Crippen molar-refractivity contribution in [2.24, 2.45) is 0 Å². The fourth-order valence-corrected chi connectivity index (χ4v) is 4.07. The monoisotopic (exact) mass is 404 g/mol. The number of alkyl halides is 3. The maximum absolute atomic E-state index is 12.6. The van der Waals surface area contributed by atoms with Crippen LogP contribution in [-0.2, 0) is 10.0 Å². The Bertz CT molecular complexity index is 887. The van der Waals surface area contributed by atoms with Crippen LogP contribution in [0.4, 0.5) is 13.2 Å². The summed E-state index contributed by atoms with van der Waals surface area (Å²) in [5.41, 5.74) is 0. The molecule has 146 valence electrons. The van der Waals surface area contributed by atoms with Crippen molar-refractivity contribution >= 4 is 15.9 Å². The number of benzene rings is 1. The highest BCUT2D eigenvalue weighted by molar-refractivity contribution is 7.89. The van der Waals surface area contributed by atoms with E-state index in [0.717, 1.165) is 24.3 Å². The second-order valence-electron chi connectivity index (χ2n) is 5.69. The summed E-state index contributed by atoms with van der Waals surface area (Å²) in [4.78, 5) is 13.5. The molecule has 1 saturated heterocycles. The van der Waals surface area contributed by atoms with Crippen molar-refractivity contribution in [1.82, 2.24) is 9.21 Å². The molecule has 1 aliphatic heterocycles. The normalized spacial score (nSPS) is 16.3. The van der Waals surface area contributed by atoms with E-state index in [2.05, 4.69) is 4.74 Å². The summed E-state index contributed by atoms with van der Waals surface area (Å²) in [5.74, 6) is -0.660. The van der Waals surface area contributed by atoms with Gasteiger partial charge in [-0.25, -0.2) is 8.42 Å². The van der Waals surface area contributed by atoms with Crippen LogP contribution in [0.2, 0.25) is 0 Å². The van der Waals surface area contributed by atoms with E-state index in [1.807, 2.05) is 0 Å². The van der Waals surface area contributed by atoms with Crippen LogP contribution < -0.4 is 4.74 Å². The summed E-state index contributed by atoms with van der Waals surface area (Å²) in [6.07, 6.45) is -3.47. The Hall–Kier alpha value is -2.53. The molecule has 0 saturated carbocycles. The largest absolute Gasteiger partial charge is 0.573 e. The average Bonchev–Trinajstić information content (AvgIpc) is 3.15. The number of ether oxygens (including phenoxy) is 1. The number of carbonyl (C=O) groups is 1. The summed E-state index contributed by atoms with van der Waals surface area (Å²) >= 11 is 0. The molecule has 0 unspecified atom stereocenters. The van der Waals surface area contributed by atoms with Gasteiger partial charge in [-0.3, -0.25) is 4.79 Å². The number of rotatable bonds is 4. The van der Waals surface area contributed by atoms with Gasteiger partial charge in [-0.05, 0) is 36.4 Å². The zero-order valence-electron chi connectivity index (χ0n) is 13.8. The van der Waals surface area contributed by atoms with Crippen LogP contribution in [-0.4, -0.2) is 56.1 Å². The highest BCUT2D eigenvalue weighted by Gasteiger charge is 2.33. The van der Waals surface area contributed by atoms with E-state index in [9.17, 15) is 26.4 Å². The van der Waals surface area contributed by atoms with Crippen LogP contribution in [0.25, 0.3) is 0 Å². The Kier molecular flexibility index (Phi) is 5.16. The molecule has 1 aromatic heterocycles. The molecule has 1 aromatic carbocycles. The Labute approximate surface area is 153 Å². The van der Waals surface area contributed by atoms with E-state index in [1.165, 1.54) is 21.5 Å². The lowest BCUT2D eigenvalue weighted by Gasteiger charge is -2.33. The van der Waals surface area contributed by atoms with E-state index < -0.39 is 22.1 Å². The lowest BCUT2D eigenvalue weighted by molar-refractivity contribution is -0.274. The van der Waals surface area contributed by atoms with Crippen LogP contribution in [0.5, 0.6) is 5.75 Å². The van der Waals surface area contributed by atoms with Crippen LogP contribution in [0.1, 0.15) is 10.6 Å². The van der Waals surface area contributed by atoms with Crippen LogP contribution in [0.15, 0.2) is 52.0 Å². The van der Waals surface area contributed by atoms with Crippen molar-refractivity contribution in [2.75, 3.05) is 26.2 Å². The third-order valence-corrected chi connectivity index (χ3v) is 5.87. The smallest absolute Gasteiger partial charge is 0.459 e. The molecule has 7 nitrogen and oxygen atoms in total. The Morgan fingerprint density at radius 1 is 1.04 bits per heavy atom. The highest BCUT2D eigenvalue weighted by Crippen LogP contribution is 2.25. The summed E-state index contributed by atoms with van der Waals surface area (Å²) in [6.45, 7) is 0.479. The van der Waals surface area contributed by atoms with Crippen molar-refractivity contribution in [1.29, 1.82) is 0 Å². The zero-order chi connectivity index (χ0) is 19.7. The average molecular weight is 404 g/mol. The van der Waals surface area contributed by atoms with Crippen molar-refractivity contribution in [3.05, 3.63) is 48.4 Å². The van der Waals surface area contributed by atoms with Gasteiger partial charge in [0.15, 0.2) is 5.76 Å². The number of furan rings is 1. The second kappa shape index (κ2) is 7.24. The van der Waals surface area contributed by atoms with Crippen LogP contribution >= 0.6 is 0 Å². The summed E-state index contributed by atoms with van der Waals surface area (Å²) in [5, 5.41) is 0. The van der Waals surface area contributed by atoms with Gasteiger partial charge in [0.25, 0.3) is 5.91 Å². The molecular weight excluding hydrogens is 389 g/mol. The molecule has 0 N–H and O–H groups in total. The fraction of sp³-hybridized carbons (Fsp3) is 0.312.